The molecule has 0 radical (unpaired) electrons. The fourth-order valence-corrected chi connectivity index (χ4v) is 2.53. The summed E-state index contributed by atoms with van der Waals surface area (Å²) in [5.74, 6) is 0.604. The maximum absolute atomic E-state index is 14.0. The number of nitrogens with one attached hydrogen (secondary N) is 2. The Labute approximate surface area is 157 Å². The Morgan fingerprint density at radius 1 is 1.11 bits per heavy atom. The van der Waals surface area contributed by atoms with Crippen molar-refractivity contribution in [1.29, 1.82) is 0 Å². The van der Waals surface area contributed by atoms with E-state index in [1.807, 2.05) is 26.0 Å². The second kappa shape index (κ2) is 8.55. The highest BCUT2D eigenvalue weighted by Crippen LogP contribution is 2.25. The molecule has 1 atom stereocenters. The number of halogens is 1. The maximum atomic E-state index is 14.0. The van der Waals surface area contributed by atoms with Gasteiger partial charge in [0, 0.05) is 24.0 Å². The third-order valence-corrected chi connectivity index (χ3v) is 4.14. The van der Waals surface area contributed by atoms with Crippen LogP contribution in [0, 0.1) is 11.7 Å². The van der Waals surface area contributed by atoms with E-state index in [2.05, 4.69) is 25.6 Å². The van der Waals surface area contributed by atoms with Gasteiger partial charge in [-0.25, -0.2) is 9.37 Å². The molecule has 0 aliphatic carbocycles. The number of aliphatic hydroxyl groups is 1. The molecular weight excluding hydrogens is 345 g/mol. The Morgan fingerprint density at radius 2 is 1.93 bits per heavy atom. The monoisotopic (exact) mass is 367 g/mol. The van der Waals surface area contributed by atoms with Crippen molar-refractivity contribution in [2.45, 2.75) is 19.9 Å². The number of hydrogen-bond acceptors (Lipinski definition) is 6. The van der Waals surface area contributed by atoms with E-state index in [-0.39, 0.29) is 24.4 Å². The number of aromatic nitrogens is 3. The van der Waals surface area contributed by atoms with Gasteiger partial charge >= 0.3 is 0 Å². The van der Waals surface area contributed by atoms with E-state index in [4.69, 9.17) is 0 Å². The Kier molecular flexibility index (Phi) is 5.93. The molecule has 2 aromatic heterocycles. The number of anilines is 3. The maximum Gasteiger partial charge on any atom is 0.225 e. The van der Waals surface area contributed by atoms with Crippen LogP contribution in [0.2, 0.25) is 0 Å². The van der Waals surface area contributed by atoms with Gasteiger partial charge < -0.3 is 15.7 Å². The summed E-state index contributed by atoms with van der Waals surface area (Å²) in [5, 5.41) is 15.7. The Balaban J connectivity index is 1.99. The van der Waals surface area contributed by atoms with Crippen molar-refractivity contribution < 1.29 is 9.50 Å². The van der Waals surface area contributed by atoms with Crippen molar-refractivity contribution in [3.05, 3.63) is 60.7 Å². The van der Waals surface area contributed by atoms with Crippen LogP contribution in [0.5, 0.6) is 0 Å². The molecular formula is C20H22FN5O. The van der Waals surface area contributed by atoms with Gasteiger partial charge in [-0.05, 0) is 30.2 Å². The van der Waals surface area contributed by atoms with E-state index in [0.29, 0.717) is 23.1 Å². The van der Waals surface area contributed by atoms with Gasteiger partial charge in [0.15, 0.2) is 0 Å². The third-order valence-electron chi connectivity index (χ3n) is 4.14. The van der Waals surface area contributed by atoms with Gasteiger partial charge in [-0.3, -0.25) is 4.98 Å². The van der Waals surface area contributed by atoms with E-state index in [0.717, 1.165) is 5.56 Å². The molecule has 0 unspecified atom stereocenters. The minimum Gasteiger partial charge on any atom is -0.394 e. The molecule has 3 rings (SSSR count). The van der Waals surface area contributed by atoms with Crippen LogP contribution in [0.15, 0.2) is 54.9 Å². The molecule has 0 saturated carbocycles. The van der Waals surface area contributed by atoms with E-state index in [9.17, 15) is 9.50 Å². The minimum atomic E-state index is -0.371. The molecule has 0 bridgehead atoms. The zero-order valence-electron chi connectivity index (χ0n) is 15.2. The average molecular weight is 367 g/mol. The molecule has 1 aromatic carbocycles. The number of rotatable bonds is 7. The zero-order valence-corrected chi connectivity index (χ0v) is 15.2. The van der Waals surface area contributed by atoms with Crippen molar-refractivity contribution in [3.8, 4) is 11.3 Å². The first-order chi connectivity index (χ1) is 13.1. The molecule has 140 valence electrons. The van der Waals surface area contributed by atoms with Crippen LogP contribution in [0.1, 0.15) is 13.8 Å². The molecule has 0 saturated heterocycles. The van der Waals surface area contributed by atoms with E-state index in [1.165, 1.54) is 6.07 Å². The SMILES string of the molecule is CC(C)[C@H](CO)Nc1nc(Nc2ccccc2F)cc(-c2cccnc2)n1. The predicted octanol–water partition coefficient (Wildman–Crippen LogP) is 3.85. The minimum absolute atomic E-state index is 0.0474. The summed E-state index contributed by atoms with van der Waals surface area (Å²) >= 11 is 0. The van der Waals surface area contributed by atoms with Gasteiger partial charge in [-0.1, -0.05) is 26.0 Å². The summed E-state index contributed by atoms with van der Waals surface area (Å²) < 4.78 is 14.0. The van der Waals surface area contributed by atoms with Crippen LogP contribution in [0.4, 0.5) is 21.8 Å². The van der Waals surface area contributed by atoms with Gasteiger partial charge in [0.1, 0.15) is 11.6 Å². The molecule has 7 heteroatoms. The summed E-state index contributed by atoms with van der Waals surface area (Å²) in [4.78, 5) is 13.1. The number of aliphatic hydroxyl groups excluding tert-OH is 1. The van der Waals surface area contributed by atoms with Gasteiger partial charge in [0.2, 0.25) is 5.95 Å². The molecule has 3 N–H and O–H groups in total. The highest BCUT2D eigenvalue weighted by Gasteiger charge is 2.15. The third kappa shape index (κ3) is 4.77. The molecule has 0 amide bonds. The van der Waals surface area contributed by atoms with Crippen molar-refractivity contribution in [2.75, 3.05) is 17.2 Å². The Bertz CT molecular complexity index is 889. The van der Waals surface area contributed by atoms with E-state index < -0.39 is 0 Å². The van der Waals surface area contributed by atoms with E-state index in [1.54, 1.807) is 36.7 Å². The summed E-state index contributed by atoms with van der Waals surface area (Å²) in [6.45, 7) is 3.95. The van der Waals surface area contributed by atoms with Crippen LogP contribution in [-0.2, 0) is 0 Å². The van der Waals surface area contributed by atoms with Gasteiger partial charge in [-0.15, -0.1) is 0 Å². The summed E-state index contributed by atoms with van der Waals surface area (Å²) in [6.07, 6.45) is 3.38. The van der Waals surface area contributed by atoms with Crippen molar-refractivity contribution in [1.82, 2.24) is 15.0 Å². The lowest BCUT2D eigenvalue weighted by Crippen LogP contribution is -2.30. The summed E-state index contributed by atoms with van der Waals surface area (Å²) in [7, 11) is 0. The first kappa shape index (κ1) is 18.7. The fraction of sp³-hybridized carbons (Fsp3) is 0.250. The number of pyridine rings is 1. The average Bonchev–Trinajstić information content (AvgIpc) is 2.68. The summed E-state index contributed by atoms with van der Waals surface area (Å²) in [5.41, 5.74) is 1.77. The van der Waals surface area contributed by atoms with Crippen molar-refractivity contribution >= 4 is 17.5 Å². The van der Waals surface area contributed by atoms with Crippen LogP contribution < -0.4 is 10.6 Å². The number of hydrogen-bond donors (Lipinski definition) is 3. The van der Waals surface area contributed by atoms with E-state index >= 15 is 0 Å². The quantitative estimate of drug-likeness (QED) is 0.588. The van der Waals surface area contributed by atoms with Crippen molar-refractivity contribution in [2.24, 2.45) is 5.92 Å². The first-order valence-electron chi connectivity index (χ1n) is 8.75. The van der Waals surface area contributed by atoms with Crippen LogP contribution in [0.3, 0.4) is 0 Å². The van der Waals surface area contributed by atoms with Gasteiger partial charge in [0.05, 0.1) is 24.0 Å². The second-order valence-electron chi connectivity index (χ2n) is 6.49. The van der Waals surface area contributed by atoms with Crippen LogP contribution in [0.25, 0.3) is 11.3 Å². The fourth-order valence-electron chi connectivity index (χ4n) is 2.53. The Hall–Kier alpha value is -3.06. The highest BCUT2D eigenvalue weighted by atomic mass is 19.1. The molecule has 0 fully saturated rings. The molecule has 27 heavy (non-hydrogen) atoms. The largest absolute Gasteiger partial charge is 0.394 e. The Morgan fingerprint density at radius 3 is 2.59 bits per heavy atom. The second-order valence-corrected chi connectivity index (χ2v) is 6.49. The lowest BCUT2D eigenvalue weighted by atomic mass is 10.1. The van der Waals surface area contributed by atoms with Gasteiger partial charge in [-0.2, -0.15) is 4.98 Å². The van der Waals surface area contributed by atoms with Gasteiger partial charge in [0.25, 0.3) is 0 Å². The molecule has 6 nitrogen and oxygen atoms in total. The van der Waals surface area contributed by atoms with Crippen LogP contribution >= 0.6 is 0 Å². The van der Waals surface area contributed by atoms with Crippen molar-refractivity contribution in [3.63, 3.8) is 0 Å². The smallest absolute Gasteiger partial charge is 0.225 e. The molecule has 2 heterocycles. The topological polar surface area (TPSA) is 83.0 Å². The molecule has 0 aliphatic heterocycles. The number of benzene rings is 1. The number of nitrogens with zero attached hydrogens (tertiary/aromatic N) is 3. The molecule has 3 aromatic rings. The lowest BCUT2D eigenvalue weighted by molar-refractivity contribution is 0.248. The predicted molar refractivity (Wildman–Crippen MR) is 104 cm³/mol. The molecule has 0 spiro atoms. The number of para-hydroxylation sites is 1. The highest BCUT2D eigenvalue weighted by molar-refractivity contribution is 5.67. The van der Waals surface area contributed by atoms with Crippen LogP contribution in [-0.4, -0.2) is 32.7 Å². The normalized spacial score (nSPS) is 12.0. The molecule has 0 aliphatic rings. The lowest BCUT2D eigenvalue weighted by Gasteiger charge is -2.20. The summed E-state index contributed by atoms with van der Waals surface area (Å²) in [6, 6.07) is 11.6. The zero-order chi connectivity index (χ0) is 19.2. The first-order valence-corrected chi connectivity index (χ1v) is 8.75. The standard InChI is InChI=1S/C20H22FN5O/c1-13(2)18(12-27)25-20-24-17(14-6-5-9-22-11-14)10-19(26-20)23-16-8-4-3-7-15(16)21/h3-11,13,18,27H,12H2,1-2H3,(H2,23,24,25,26)/t18-/m0/s1.